The van der Waals surface area contributed by atoms with Gasteiger partial charge in [0.05, 0.1) is 11.7 Å². The third-order valence-electron chi connectivity index (χ3n) is 5.88. The summed E-state index contributed by atoms with van der Waals surface area (Å²) in [5.74, 6) is -0.229. The van der Waals surface area contributed by atoms with E-state index in [0.717, 1.165) is 22.8 Å². The van der Waals surface area contributed by atoms with Crippen molar-refractivity contribution >= 4 is 23.0 Å². The molecule has 4 nitrogen and oxygen atoms in total. The molecule has 0 unspecified atom stereocenters. The number of halogens is 1. The molecule has 2 aromatic carbocycles. The van der Waals surface area contributed by atoms with E-state index < -0.39 is 0 Å². The molecular weight excluding hydrogens is 419 g/mol. The van der Waals surface area contributed by atoms with Gasteiger partial charge >= 0.3 is 0 Å². The molecule has 32 heavy (non-hydrogen) atoms. The standard InChI is InChI=1S/C26H23FN4S/c1-17-7-5-8-19(15-17)30-14-6-10-23(30)25-24(22-9-3-4-13-28-22)29-26(32)31(25)20-11-12-21(27)18(2)16-20/h3-16,24-25H,1-2H3,(H,29,32)/t24-,25-/m1/s1. The maximum Gasteiger partial charge on any atom is 0.174 e. The van der Waals surface area contributed by atoms with E-state index in [1.807, 2.05) is 30.3 Å². The van der Waals surface area contributed by atoms with Gasteiger partial charge in [0.1, 0.15) is 11.9 Å². The average molecular weight is 443 g/mol. The highest BCUT2D eigenvalue weighted by Crippen LogP contribution is 2.42. The van der Waals surface area contributed by atoms with Crippen LogP contribution in [0.1, 0.15) is 34.6 Å². The summed E-state index contributed by atoms with van der Waals surface area (Å²) in [7, 11) is 0. The van der Waals surface area contributed by atoms with Gasteiger partial charge in [0, 0.05) is 29.5 Å². The van der Waals surface area contributed by atoms with Crippen LogP contribution in [0.15, 0.2) is 85.2 Å². The molecule has 3 heterocycles. The van der Waals surface area contributed by atoms with Crippen molar-refractivity contribution in [2.75, 3.05) is 4.90 Å². The zero-order chi connectivity index (χ0) is 22.2. The summed E-state index contributed by atoms with van der Waals surface area (Å²) >= 11 is 5.79. The van der Waals surface area contributed by atoms with Crippen molar-refractivity contribution in [3.63, 3.8) is 0 Å². The molecule has 1 aliphatic heterocycles. The molecule has 1 fully saturated rings. The number of hydrogen-bond donors (Lipinski definition) is 1. The van der Waals surface area contributed by atoms with E-state index >= 15 is 0 Å². The van der Waals surface area contributed by atoms with Gasteiger partial charge in [-0.1, -0.05) is 18.2 Å². The summed E-state index contributed by atoms with van der Waals surface area (Å²) in [6, 6.07) is 23.2. The van der Waals surface area contributed by atoms with Crippen molar-refractivity contribution < 1.29 is 4.39 Å². The first-order valence-corrected chi connectivity index (χ1v) is 10.9. The monoisotopic (exact) mass is 442 g/mol. The second kappa shape index (κ2) is 8.20. The van der Waals surface area contributed by atoms with E-state index in [9.17, 15) is 4.39 Å². The van der Waals surface area contributed by atoms with Crippen LogP contribution in [0.25, 0.3) is 5.69 Å². The third-order valence-corrected chi connectivity index (χ3v) is 6.20. The number of aromatic nitrogens is 2. The third kappa shape index (κ3) is 3.56. The minimum absolute atomic E-state index is 0.160. The fourth-order valence-electron chi connectivity index (χ4n) is 4.36. The van der Waals surface area contributed by atoms with E-state index in [1.165, 1.54) is 11.6 Å². The predicted octanol–water partition coefficient (Wildman–Crippen LogP) is 5.81. The summed E-state index contributed by atoms with van der Waals surface area (Å²) in [6.45, 7) is 3.86. The second-order valence-electron chi connectivity index (χ2n) is 8.07. The van der Waals surface area contributed by atoms with Crippen molar-refractivity contribution in [3.05, 3.63) is 114 Å². The van der Waals surface area contributed by atoms with Crippen molar-refractivity contribution in [3.8, 4) is 5.69 Å². The van der Waals surface area contributed by atoms with Crippen LogP contribution in [0.2, 0.25) is 0 Å². The fourth-order valence-corrected chi connectivity index (χ4v) is 4.71. The van der Waals surface area contributed by atoms with Crippen LogP contribution in [-0.4, -0.2) is 14.7 Å². The Morgan fingerprint density at radius 2 is 1.81 bits per heavy atom. The molecule has 0 aliphatic carbocycles. The lowest BCUT2D eigenvalue weighted by Gasteiger charge is -2.29. The molecule has 6 heteroatoms. The highest BCUT2D eigenvalue weighted by molar-refractivity contribution is 7.80. The summed E-state index contributed by atoms with van der Waals surface area (Å²) in [5, 5.41) is 4.06. The normalized spacial score (nSPS) is 18.1. The molecule has 0 spiro atoms. The number of thiocarbonyl (C=S) groups is 1. The van der Waals surface area contributed by atoms with Crippen molar-refractivity contribution in [1.29, 1.82) is 0 Å². The number of hydrogen-bond acceptors (Lipinski definition) is 2. The van der Waals surface area contributed by atoms with Gasteiger partial charge in [-0.05, 0) is 91.8 Å². The Morgan fingerprint density at radius 3 is 2.56 bits per heavy atom. The summed E-state index contributed by atoms with van der Waals surface area (Å²) in [5.41, 5.74) is 5.67. The molecule has 1 aliphatic rings. The summed E-state index contributed by atoms with van der Waals surface area (Å²) < 4.78 is 16.2. The number of nitrogens with one attached hydrogen (secondary N) is 1. The van der Waals surface area contributed by atoms with Crippen molar-refractivity contribution in [2.24, 2.45) is 0 Å². The fraction of sp³-hybridized carbons (Fsp3) is 0.154. The number of rotatable bonds is 4. The lowest BCUT2D eigenvalue weighted by atomic mass is 10.0. The van der Waals surface area contributed by atoms with Crippen molar-refractivity contribution in [1.82, 2.24) is 14.9 Å². The second-order valence-corrected chi connectivity index (χ2v) is 8.46. The van der Waals surface area contributed by atoms with Gasteiger partial charge in [-0.25, -0.2) is 4.39 Å². The number of pyridine rings is 1. The lowest BCUT2D eigenvalue weighted by Crippen LogP contribution is -2.30. The number of aryl methyl sites for hydroxylation is 2. The number of benzene rings is 2. The van der Waals surface area contributed by atoms with Crippen LogP contribution in [0.4, 0.5) is 10.1 Å². The Hall–Kier alpha value is -3.51. The van der Waals surface area contributed by atoms with Crippen LogP contribution in [0.3, 0.4) is 0 Å². The van der Waals surface area contributed by atoms with Crippen LogP contribution >= 0.6 is 12.2 Å². The largest absolute Gasteiger partial charge is 0.351 e. The minimum atomic E-state index is -0.229. The van der Waals surface area contributed by atoms with E-state index in [-0.39, 0.29) is 17.9 Å². The lowest BCUT2D eigenvalue weighted by molar-refractivity contribution is 0.549. The van der Waals surface area contributed by atoms with Gasteiger partial charge in [-0.3, -0.25) is 4.98 Å². The Morgan fingerprint density at radius 1 is 0.938 bits per heavy atom. The maximum absolute atomic E-state index is 14.0. The van der Waals surface area contributed by atoms with Crippen LogP contribution in [0, 0.1) is 19.7 Å². The molecule has 0 saturated carbocycles. The van der Waals surface area contributed by atoms with Crippen LogP contribution in [-0.2, 0) is 0 Å². The Kier molecular flexibility index (Phi) is 5.23. The Labute approximate surface area is 192 Å². The highest BCUT2D eigenvalue weighted by Gasteiger charge is 2.42. The smallest absolute Gasteiger partial charge is 0.174 e. The van der Waals surface area contributed by atoms with Gasteiger partial charge in [0.25, 0.3) is 0 Å². The molecule has 5 rings (SSSR count). The zero-order valence-electron chi connectivity index (χ0n) is 17.9. The van der Waals surface area contributed by atoms with Gasteiger partial charge in [0.2, 0.25) is 0 Å². The highest BCUT2D eigenvalue weighted by atomic mass is 32.1. The Balaban J connectivity index is 1.68. The van der Waals surface area contributed by atoms with E-state index in [2.05, 4.69) is 63.2 Å². The van der Waals surface area contributed by atoms with Crippen molar-refractivity contribution in [2.45, 2.75) is 25.9 Å². The molecule has 0 amide bonds. The SMILES string of the molecule is Cc1cccc(-n2cccc2[C@@H]2[C@@H](c3ccccn3)NC(=S)N2c2ccc(F)c(C)c2)c1. The van der Waals surface area contributed by atoms with E-state index in [1.54, 1.807) is 19.2 Å². The zero-order valence-corrected chi connectivity index (χ0v) is 18.7. The topological polar surface area (TPSA) is 33.1 Å². The van der Waals surface area contributed by atoms with Crippen LogP contribution in [0.5, 0.6) is 0 Å². The quantitative estimate of drug-likeness (QED) is 0.405. The molecule has 4 aromatic rings. The van der Waals surface area contributed by atoms with Gasteiger partial charge < -0.3 is 14.8 Å². The Bertz CT molecular complexity index is 1280. The maximum atomic E-state index is 14.0. The molecule has 2 atom stereocenters. The van der Waals surface area contributed by atoms with Gasteiger partial charge in [-0.2, -0.15) is 0 Å². The molecule has 2 aromatic heterocycles. The van der Waals surface area contributed by atoms with E-state index in [4.69, 9.17) is 12.2 Å². The minimum Gasteiger partial charge on any atom is -0.351 e. The molecule has 1 N–H and O–H groups in total. The molecule has 160 valence electrons. The summed E-state index contributed by atoms with van der Waals surface area (Å²) in [4.78, 5) is 6.69. The first kappa shape index (κ1) is 20.4. The van der Waals surface area contributed by atoms with E-state index in [0.29, 0.717) is 10.7 Å². The molecule has 0 radical (unpaired) electrons. The number of nitrogens with zero attached hydrogens (tertiary/aromatic N) is 3. The summed E-state index contributed by atoms with van der Waals surface area (Å²) in [6.07, 6.45) is 3.86. The average Bonchev–Trinajstić information content (AvgIpc) is 3.40. The predicted molar refractivity (Wildman–Crippen MR) is 130 cm³/mol. The van der Waals surface area contributed by atoms with Crippen LogP contribution < -0.4 is 10.2 Å². The van der Waals surface area contributed by atoms with Gasteiger partial charge in [-0.15, -0.1) is 0 Å². The molecular formula is C26H23FN4S. The molecule has 0 bridgehead atoms. The first-order valence-electron chi connectivity index (χ1n) is 10.5. The van der Waals surface area contributed by atoms with Gasteiger partial charge in [0.15, 0.2) is 5.11 Å². The number of anilines is 1. The molecule has 1 saturated heterocycles. The first-order chi connectivity index (χ1) is 15.5.